The number of aliphatic hydroxyl groups is 2. The molecular weight excluding hydrogens is 745 g/mol. The Kier molecular flexibility index (Phi) is 37.5. The van der Waals surface area contributed by atoms with Crippen molar-refractivity contribution >= 4 is 19.8 Å². The van der Waals surface area contributed by atoms with Crippen molar-refractivity contribution in [1.82, 2.24) is 0 Å². The first-order valence-corrected chi connectivity index (χ1v) is 22.4. The number of unbranched alkanes of at least 4 members (excludes halogenated alkanes) is 4. The summed E-state index contributed by atoms with van der Waals surface area (Å²) in [6, 6.07) is 0. The highest BCUT2D eigenvalue weighted by molar-refractivity contribution is 7.47. The normalized spacial score (nSPS) is 15.4. The first kappa shape index (κ1) is 53.9. The van der Waals surface area contributed by atoms with E-state index in [1.165, 1.54) is 19.3 Å². The summed E-state index contributed by atoms with van der Waals surface area (Å²) in [4.78, 5) is 34.9. The van der Waals surface area contributed by atoms with Gasteiger partial charge in [0.25, 0.3) is 0 Å². The highest BCUT2D eigenvalue weighted by Crippen LogP contribution is 2.43. The molecule has 0 rings (SSSR count). The quantitative estimate of drug-likeness (QED) is 0.0203. The minimum absolute atomic E-state index is 0.000574. The molecule has 12 heteroatoms. The largest absolute Gasteiger partial charge is 0.472 e. The van der Waals surface area contributed by atoms with Crippen LogP contribution in [0.4, 0.5) is 0 Å². The van der Waals surface area contributed by atoms with Crippen molar-refractivity contribution < 1.29 is 47.8 Å². The van der Waals surface area contributed by atoms with E-state index in [4.69, 9.17) is 24.3 Å². The fraction of sp³-hybridized carbons (Fsp3) is 0.600. The standard InChI is InChI=1S/C45H74NO10P/c1-3-5-7-9-11-13-15-17-18-19-20-21-23-25-27-29-31-35-45(50)56-41(40-55-57(51,52)54-38-37-46)39-53-44(49)36-32-34-43(48)42(47)33-30-28-26-24-22-16-14-12-10-8-6-4-2/h5,7,11-14,17-18,20-22,24-25,27-28,30,41-43,47-48H,3-4,6,8-10,15-16,19,23,26,29,31-40,46H2,1-2H3,(H,51,52)/b7-5-,13-11-,14-12-,18-17-,21-20-,24-22-,27-25-,30-28-/t41-,42?,43?/m1/s1. The lowest BCUT2D eigenvalue weighted by molar-refractivity contribution is -0.161. The average molecular weight is 820 g/mol. The van der Waals surface area contributed by atoms with E-state index in [-0.39, 0.29) is 45.3 Å². The van der Waals surface area contributed by atoms with Crippen LogP contribution in [0.25, 0.3) is 0 Å². The monoisotopic (exact) mass is 820 g/mol. The van der Waals surface area contributed by atoms with Gasteiger partial charge in [0.05, 0.1) is 25.4 Å². The summed E-state index contributed by atoms with van der Waals surface area (Å²) in [7, 11) is -4.47. The number of allylic oxidation sites excluding steroid dienone is 15. The number of nitrogens with two attached hydrogens (primary N) is 1. The Morgan fingerprint density at radius 1 is 0.614 bits per heavy atom. The summed E-state index contributed by atoms with van der Waals surface area (Å²) >= 11 is 0. The molecule has 0 aromatic carbocycles. The molecule has 324 valence electrons. The Morgan fingerprint density at radius 2 is 1.12 bits per heavy atom. The average Bonchev–Trinajstić information content (AvgIpc) is 3.19. The lowest BCUT2D eigenvalue weighted by Gasteiger charge is -2.20. The number of ether oxygens (including phenoxy) is 2. The molecule has 0 saturated carbocycles. The van der Waals surface area contributed by atoms with Crippen LogP contribution in [0.5, 0.6) is 0 Å². The third-order valence-electron chi connectivity index (χ3n) is 8.15. The Balaban J connectivity index is 4.54. The predicted molar refractivity (Wildman–Crippen MR) is 231 cm³/mol. The van der Waals surface area contributed by atoms with Crippen LogP contribution in [0.3, 0.4) is 0 Å². The van der Waals surface area contributed by atoms with Gasteiger partial charge in [0.15, 0.2) is 6.10 Å². The minimum atomic E-state index is -4.47. The zero-order chi connectivity index (χ0) is 42.1. The highest BCUT2D eigenvalue weighted by atomic mass is 31.2. The van der Waals surface area contributed by atoms with Gasteiger partial charge in [-0.25, -0.2) is 4.57 Å². The summed E-state index contributed by atoms with van der Waals surface area (Å²) in [5, 5.41) is 20.6. The Hall–Kier alpha value is -3.15. The number of phosphoric acid groups is 1. The summed E-state index contributed by atoms with van der Waals surface area (Å²) in [6.45, 7) is 3.15. The number of hydrogen-bond donors (Lipinski definition) is 4. The fourth-order valence-corrected chi connectivity index (χ4v) is 5.71. The van der Waals surface area contributed by atoms with Crippen LogP contribution in [0.2, 0.25) is 0 Å². The van der Waals surface area contributed by atoms with E-state index in [1.54, 1.807) is 0 Å². The fourth-order valence-electron chi connectivity index (χ4n) is 4.95. The molecule has 0 fully saturated rings. The molecule has 0 amide bonds. The first-order valence-electron chi connectivity index (χ1n) is 20.9. The molecule has 57 heavy (non-hydrogen) atoms. The lowest BCUT2D eigenvalue weighted by Crippen LogP contribution is -2.30. The summed E-state index contributed by atoms with van der Waals surface area (Å²) in [6.07, 6.45) is 43.4. The number of carbonyl (C=O) groups excluding carboxylic acids is 2. The maximum atomic E-state index is 12.6. The van der Waals surface area contributed by atoms with E-state index in [0.717, 1.165) is 51.4 Å². The molecule has 0 aromatic rings. The molecular formula is C45H74NO10P. The van der Waals surface area contributed by atoms with Crippen LogP contribution < -0.4 is 5.73 Å². The number of aliphatic hydroxyl groups excluding tert-OH is 2. The van der Waals surface area contributed by atoms with Gasteiger partial charge in [0.2, 0.25) is 0 Å². The molecule has 0 heterocycles. The van der Waals surface area contributed by atoms with Gasteiger partial charge in [0.1, 0.15) is 6.61 Å². The predicted octanol–water partition coefficient (Wildman–Crippen LogP) is 9.77. The van der Waals surface area contributed by atoms with Gasteiger partial charge in [-0.1, -0.05) is 124 Å². The van der Waals surface area contributed by atoms with Crippen molar-refractivity contribution in [2.75, 3.05) is 26.4 Å². The summed E-state index contributed by atoms with van der Waals surface area (Å²) in [5.74, 6) is -1.19. The number of esters is 2. The van der Waals surface area contributed by atoms with Crippen molar-refractivity contribution in [3.63, 3.8) is 0 Å². The molecule has 0 spiro atoms. The van der Waals surface area contributed by atoms with Crippen molar-refractivity contribution in [3.8, 4) is 0 Å². The molecule has 0 radical (unpaired) electrons. The Labute approximate surface area is 343 Å². The topological polar surface area (TPSA) is 175 Å². The Morgan fingerprint density at radius 3 is 1.67 bits per heavy atom. The van der Waals surface area contributed by atoms with Crippen molar-refractivity contribution in [1.29, 1.82) is 0 Å². The van der Waals surface area contributed by atoms with Crippen LogP contribution in [0, 0.1) is 0 Å². The Bertz CT molecular complexity index is 1290. The molecule has 3 unspecified atom stereocenters. The van der Waals surface area contributed by atoms with Gasteiger partial charge in [-0.3, -0.25) is 18.6 Å². The number of carbonyl (C=O) groups is 2. The first-order chi connectivity index (χ1) is 27.6. The van der Waals surface area contributed by atoms with E-state index in [1.807, 2.05) is 24.3 Å². The molecule has 4 atom stereocenters. The second-order valence-electron chi connectivity index (χ2n) is 13.4. The third-order valence-corrected chi connectivity index (χ3v) is 9.14. The van der Waals surface area contributed by atoms with Gasteiger partial charge < -0.3 is 30.3 Å². The van der Waals surface area contributed by atoms with Crippen molar-refractivity contribution in [2.45, 2.75) is 148 Å². The maximum absolute atomic E-state index is 12.6. The minimum Gasteiger partial charge on any atom is -0.462 e. The SMILES string of the molecule is CC/C=C\C/C=C\C/C=C\C/C=C\C/C=C\CCCC(=O)O[C@H](COC(=O)CCCC(O)C(O)C/C=C\C/C=C\C/C=C\CCCCC)COP(=O)(O)OCCN. The van der Waals surface area contributed by atoms with Crippen molar-refractivity contribution in [2.24, 2.45) is 5.73 Å². The molecule has 0 aliphatic heterocycles. The van der Waals surface area contributed by atoms with Gasteiger partial charge in [-0.05, 0) is 89.9 Å². The second kappa shape index (κ2) is 39.7. The molecule has 0 bridgehead atoms. The number of phosphoric ester groups is 1. The van der Waals surface area contributed by atoms with Gasteiger partial charge in [-0.15, -0.1) is 0 Å². The van der Waals surface area contributed by atoms with Crippen LogP contribution >= 0.6 is 7.82 Å². The molecule has 5 N–H and O–H groups in total. The zero-order valence-electron chi connectivity index (χ0n) is 34.7. The summed E-state index contributed by atoms with van der Waals surface area (Å²) in [5.41, 5.74) is 5.32. The third kappa shape index (κ3) is 38.2. The van der Waals surface area contributed by atoms with E-state index in [9.17, 15) is 29.3 Å². The molecule has 0 aliphatic carbocycles. The maximum Gasteiger partial charge on any atom is 0.472 e. The van der Waals surface area contributed by atoms with E-state index in [0.29, 0.717) is 12.8 Å². The van der Waals surface area contributed by atoms with E-state index < -0.39 is 51.3 Å². The number of rotatable bonds is 37. The van der Waals surface area contributed by atoms with Gasteiger partial charge in [-0.2, -0.15) is 0 Å². The van der Waals surface area contributed by atoms with Gasteiger partial charge in [0, 0.05) is 19.4 Å². The van der Waals surface area contributed by atoms with Crippen LogP contribution in [0.15, 0.2) is 97.2 Å². The smallest absolute Gasteiger partial charge is 0.462 e. The van der Waals surface area contributed by atoms with Gasteiger partial charge >= 0.3 is 19.8 Å². The molecule has 11 nitrogen and oxygen atoms in total. The summed E-state index contributed by atoms with van der Waals surface area (Å²) < 4.78 is 32.5. The highest BCUT2D eigenvalue weighted by Gasteiger charge is 2.26. The molecule has 0 saturated heterocycles. The van der Waals surface area contributed by atoms with Crippen LogP contribution in [-0.2, 0) is 32.7 Å². The molecule has 0 aromatic heterocycles. The van der Waals surface area contributed by atoms with E-state index in [2.05, 4.69) is 86.8 Å². The van der Waals surface area contributed by atoms with Crippen LogP contribution in [0.1, 0.15) is 129 Å². The van der Waals surface area contributed by atoms with Crippen molar-refractivity contribution in [3.05, 3.63) is 97.2 Å². The van der Waals surface area contributed by atoms with E-state index >= 15 is 0 Å². The number of hydrogen-bond acceptors (Lipinski definition) is 10. The zero-order valence-corrected chi connectivity index (χ0v) is 35.6. The lowest BCUT2D eigenvalue weighted by atomic mass is 10.0. The second-order valence-corrected chi connectivity index (χ2v) is 14.9. The molecule has 0 aliphatic rings. The van der Waals surface area contributed by atoms with Crippen LogP contribution in [-0.4, -0.2) is 71.7 Å².